The zero-order valence-electron chi connectivity index (χ0n) is 10.0. The molecule has 3 nitrogen and oxygen atoms in total. The number of allylic oxidation sites excluding steroid dienone is 5. The number of rotatable bonds is 3. The average molecular weight is 247 g/mol. The highest BCUT2D eigenvalue weighted by atomic mass is 19.4. The van der Waals surface area contributed by atoms with Crippen molar-refractivity contribution < 1.29 is 13.2 Å². The molecule has 96 valence electrons. The molecule has 0 spiro atoms. The summed E-state index contributed by atoms with van der Waals surface area (Å²) in [5.41, 5.74) is 5.84. The fraction of sp³-hybridized carbons (Fsp3) is 0.455. The lowest BCUT2D eigenvalue weighted by Gasteiger charge is -2.09. The number of hydrogen-bond donors (Lipinski definition) is 2. The molecule has 17 heavy (non-hydrogen) atoms. The van der Waals surface area contributed by atoms with E-state index in [0.29, 0.717) is 17.8 Å². The van der Waals surface area contributed by atoms with E-state index in [-0.39, 0.29) is 0 Å². The fourth-order valence-corrected chi connectivity index (χ4v) is 1.26. The zero-order chi connectivity index (χ0) is 13.1. The molecular formula is C11H16F3N3. The molecule has 2 N–H and O–H groups in total. The summed E-state index contributed by atoms with van der Waals surface area (Å²) < 4.78 is 38.2. The Kier molecular flexibility index (Phi) is 4.22. The molecule has 0 atom stereocenters. The van der Waals surface area contributed by atoms with Gasteiger partial charge in [0.2, 0.25) is 0 Å². The van der Waals surface area contributed by atoms with Crippen molar-refractivity contribution in [1.82, 2.24) is 16.0 Å². The largest absolute Gasteiger partial charge is 0.416 e. The van der Waals surface area contributed by atoms with Gasteiger partial charge >= 0.3 is 6.18 Å². The molecule has 0 saturated carbocycles. The molecule has 0 unspecified atom stereocenters. The minimum absolute atomic E-state index is 0.417. The van der Waals surface area contributed by atoms with Crippen LogP contribution in [0.4, 0.5) is 13.2 Å². The van der Waals surface area contributed by atoms with Gasteiger partial charge in [-0.1, -0.05) is 19.1 Å². The molecule has 1 aliphatic rings. The highest BCUT2D eigenvalue weighted by Crippen LogP contribution is 2.28. The normalized spacial score (nSPS) is 18.2. The Morgan fingerprint density at radius 3 is 2.47 bits per heavy atom. The van der Waals surface area contributed by atoms with Crippen molar-refractivity contribution in [2.45, 2.75) is 26.4 Å². The van der Waals surface area contributed by atoms with Crippen LogP contribution < -0.4 is 11.0 Å². The number of hydrazine groups is 2. The molecular weight excluding hydrogens is 231 g/mol. The Labute approximate surface area is 98.6 Å². The molecule has 1 rings (SSSR count). The SMILES string of the molecule is CC/C=C\C(=C/C1=C(C)N(C)NN1)C(F)(F)F. The molecule has 0 fully saturated rings. The second-order valence-electron chi connectivity index (χ2n) is 3.70. The Morgan fingerprint density at radius 1 is 1.41 bits per heavy atom. The molecule has 0 radical (unpaired) electrons. The summed E-state index contributed by atoms with van der Waals surface area (Å²) in [6, 6.07) is 0. The molecule has 6 heteroatoms. The standard InChI is InChI=1S/C11H16F3N3/c1-4-5-6-9(11(12,13)14)7-10-8(2)17(3)16-15-10/h5-7,15-16H,4H2,1-3H3/b6-5-,9-7+. The second-order valence-corrected chi connectivity index (χ2v) is 3.70. The lowest BCUT2D eigenvalue weighted by molar-refractivity contribution is -0.0882. The van der Waals surface area contributed by atoms with Crippen LogP contribution in [0.1, 0.15) is 20.3 Å². The Morgan fingerprint density at radius 2 is 2.06 bits per heavy atom. The first-order valence-corrected chi connectivity index (χ1v) is 5.28. The van der Waals surface area contributed by atoms with E-state index in [1.165, 1.54) is 6.08 Å². The highest BCUT2D eigenvalue weighted by Gasteiger charge is 2.32. The maximum Gasteiger partial charge on any atom is 0.416 e. The molecule has 0 aromatic rings. The lowest BCUT2D eigenvalue weighted by atomic mass is 10.1. The van der Waals surface area contributed by atoms with Gasteiger partial charge in [0.1, 0.15) is 0 Å². The van der Waals surface area contributed by atoms with Crippen LogP contribution in [0.15, 0.2) is 35.2 Å². The van der Waals surface area contributed by atoms with E-state index >= 15 is 0 Å². The second kappa shape index (κ2) is 5.27. The van der Waals surface area contributed by atoms with Crippen LogP contribution in [0.25, 0.3) is 0 Å². The van der Waals surface area contributed by atoms with Crippen LogP contribution in [0.3, 0.4) is 0 Å². The first-order valence-electron chi connectivity index (χ1n) is 5.28. The summed E-state index contributed by atoms with van der Waals surface area (Å²) in [5.74, 6) is 0. The van der Waals surface area contributed by atoms with Gasteiger partial charge in [-0.3, -0.25) is 5.01 Å². The van der Waals surface area contributed by atoms with Crippen LogP contribution in [0, 0.1) is 0 Å². The summed E-state index contributed by atoms with van der Waals surface area (Å²) in [7, 11) is 1.72. The van der Waals surface area contributed by atoms with Crippen LogP contribution in [0.5, 0.6) is 0 Å². The third-order valence-electron chi connectivity index (χ3n) is 2.41. The number of halogens is 3. The van der Waals surface area contributed by atoms with Crippen molar-refractivity contribution in [3.05, 3.63) is 35.2 Å². The van der Waals surface area contributed by atoms with Crippen molar-refractivity contribution in [3.8, 4) is 0 Å². The smallest absolute Gasteiger partial charge is 0.302 e. The van der Waals surface area contributed by atoms with Crippen LogP contribution >= 0.6 is 0 Å². The maximum absolute atomic E-state index is 12.7. The van der Waals surface area contributed by atoms with E-state index in [0.717, 1.165) is 12.2 Å². The van der Waals surface area contributed by atoms with E-state index in [2.05, 4.69) is 11.0 Å². The number of hydrogen-bond acceptors (Lipinski definition) is 3. The van der Waals surface area contributed by atoms with Crippen molar-refractivity contribution >= 4 is 0 Å². The third-order valence-corrected chi connectivity index (χ3v) is 2.41. The van der Waals surface area contributed by atoms with Gasteiger partial charge in [0.15, 0.2) is 0 Å². The highest BCUT2D eigenvalue weighted by molar-refractivity contribution is 5.35. The monoisotopic (exact) mass is 247 g/mol. The molecule has 0 saturated heterocycles. The number of nitrogens with one attached hydrogen (secondary N) is 2. The maximum atomic E-state index is 12.7. The van der Waals surface area contributed by atoms with Crippen LogP contribution in [-0.4, -0.2) is 18.2 Å². The van der Waals surface area contributed by atoms with Gasteiger partial charge in [-0.2, -0.15) is 13.2 Å². The van der Waals surface area contributed by atoms with E-state index in [1.807, 2.05) is 0 Å². The quantitative estimate of drug-likeness (QED) is 0.751. The van der Waals surface area contributed by atoms with E-state index in [4.69, 9.17) is 0 Å². The summed E-state index contributed by atoms with van der Waals surface area (Å²) >= 11 is 0. The van der Waals surface area contributed by atoms with Gasteiger partial charge in [-0.15, -0.1) is 5.53 Å². The van der Waals surface area contributed by atoms with Crippen molar-refractivity contribution in [3.63, 3.8) is 0 Å². The van der Waals surface area contributed by atoms with Gasteiger partial charge in [0.25, 0.3) is 0 Å². The Balaban J connectivity index is 3.03. The topological polar surface area (TPSA) is 27.3 Å². The van der Waals surface area contributed by atoms with Gasteiger partial charge in [-0.05, 0) is 19.4 Å². The Bertz CT molecular complexity index is 367. The first kappa shape index (κ1) is 13.6. The molecule has 0 bridgehead atoms. The van der Waals surface area contributed by atoms with Crippen molar-refractivity contribution in [2.24, 2.45) is 0 Å². The number of nitrogens with zero attached hydrogens (tertiary/aromatic N) is 1. The predicted molar refractivity (Wildman–Crippen MR) is 60.3 cm³/mol. The third kappa shape index (κ3) is 3.52. The molecule has 0 aromatic heterocycles. The Hall–Kier alpha value is -1.43. The molecule has 0 aromatic carbocycles. The van der Waals surface area contributed by atoms with Gasteiger partial charge < -0.3 is 5.43 Å². The molecule has 0 aliphatic carbocycles. The summed E-state index contributed by atoms with van der Waals surface area (Å²) in [4.78, 5) is 0. The fourth-order valence-electron chi connectivity index (χ4n) is 1.26. The van der Waals surface area contributed by atoms with E-state index < -0.39 is 11.7 Å². The first-order chi connectivity index (χ1) is 7.86. The van der Waals surface area contributed by atoms with Gasteiger partial charge in [0.05, 0.1) is 17.0 Å². The average Bonchev–Trinajstić information content (AvgIpc) is 2.54. The lowest BCUT2D eigenvalue weighted by Crippen LogP contribution is -2.34. The van der Waals surface area contributed by atoms with Crippen LogP contribution in [0.2, 0.25) is 0 Å². The molecule has 1 aliphatic heterocycles. The molecule has 0 amide bonds. The summed E-state index contributed by atoms with van der Waals surface area (Å²) in [5, 5.41) is 1.61. The van der Waals surface area contributed by atoms with Crippen molar-refractivity contribution in [2.75, 3.05) is 7.05 Å². The van der Waals surface area contributed by atoms with E-state index in [9.17, 15) is 13.2 Å². The minimum Gasteiger partial charge on any atom is -0.302 e. The van der Waals surface area contributed by atoms with E-state index in [1.54, 1.807) is 25.9 Å². The van der Waals surface area contributed by atoms with Gasteiger partial charge in [-0.25, -0.2) is 0 Å². The summed E-state index contributed by atoms with van der Waals surface area (Å²) in [6.45, 7) is 3.52. The van der Waals surface area contributed by atoms with Crippen LogP contribution in [-0.2, 0) is 0 Å². The minimum atomic E-state index is -4.35. The van der Waals surface area contributed by atoms with Gasteiger partial charge in [0, 0.05) is 7.05 Å². The number of alkyl halides is 3. The zero-order valence-corrected chi connectivity index (χ0v) is 10.0. The predicted octanol–water partition coefficient (Wildman–Crippen LogP) is 2.63. The van der Waals surface area contributed by atoms with Crippen molar-refractivity contribution in [1.29, 1.82) is 0 Å². The summed E-state index contributed by atoms with van der Waals surface area (Å²) in [6.07, 6.45) is -0.0988. The molecule has 1 heterocycles.